The Hall–Kier alpha value is -1.92. The number of sulfonamides is 1. The van der Waals surface area contributed by atoms with Gasteiger partial charge in [-0.2, -0.15) is 0 Å². The molecule has 2 aromatic rings. The van der Waals surface area contributed by atoms with Gasteiger partial charge in [-0.05, 0) is 30.7 Å². The molecule has 0 saturated heterocycles. The lowest BCUT2D eigenvalue weighted by Gasteiger charge is -2.24. The first-order chi connectivity index (χ1) is 14.1. The molecule has 1 heterocycles. The van der Waals surface area contributed by atoms with Gasteiger partial charge in [0.1, 0.15) is 5.82 Å². The zero-order valence-electron chi connectivity index (χ0n) is 17.6. The highest BCUT2D eigenvalue weighted by molar-refractivity contribution is 7.89. The van der Waals surface area contributed by atoms with Crippen LogP contribution < -0.4 is 9.84 Å². The van der Waals surface area contributed by atoms with Crippen LogP contribution in [-0.4, -0.2) is 19.9 Å². The number of nitrogens with one attached hydrogen (secondary N) is 1. The Morgan fingerprint density at radius 3 is 1.97 bits per heavy atom. The summed E-state index contributed by atoms with van der Waals surface area (Å²) < 4.78 is 25.4. The third-order valence-electron chi connectivity index (χ3n) is 4.94. The Labute approximate surface area is 176 Å². The van der Waals surface area contributed by atoms with Gasteiger partial charge in [-0.1, -0.05) is 89.0 Å². The van der Waals surface area contributed by atoms with E-state index in [9.17, 15) is 8.42 Å². The van der Waals surface area contributed by atoms with E-state index < -0.39 is 10.0 Å². The van der Waals surface area contributed by atoms with Gasteiger partial charge in [0.05, 0.1) is 4.90 Å². The summed E-state index contributed by atoms with van der Waals surface area (Å²) in [5.74, 6) is 0.614. The molecular weight excluding hydrogens is 382 g/mol. The summed E-state index contributed by atoms with van der Waals surface area (Å²) >= 11 is 0. The Balaban J connectivity index is 1.81. The van der Waals surface area contributed by atoms with E-state index in [4.69, 9.17) is 0 Å². The van der Waals surface area contributed by atoms with Crippen LogP contribution >= 0.6 is 0 Å². The van der Waals surface area contributed by atoms with Crippen LogP contribution in [0.15, 0.2) is 59.6 Å². The molecule has 29 heavy (non-hydrogen) atoms. The Kier molecular flexibility index (Phi) is 10.7. The lowest BCUT2D eigenvalue weighted by Crippen LogP contribution is -2.43. The topological polar surface area (TPSA) is 62.3 Å². The largest absolute Gasteiger partial charge is 0.278 e. The highest BCUT2D eigenvalue weighted by atomic mass is 32.2. The first-order valence-electron chi connectivity index (χ1n) is 10.9. The van der Waals surface area contributed by atoms with Crippen LogP contribution in [0.2, 0.25) is 0 Å². The fourth-order valence-corrected chi connectivity index (χ4v) is 4.37. The fourth-order valence-electron chi connectivity index (χ4n) is 3.28. The van der Waals surface area contributed by atoms with Crippen LogP contribution in [0.25, 0.3) is 0 Å². The molecule has 0 spiro atoms. The van der Waals surface area contributed by atoms with E-state index >= 15 is 0 Å². The van der Waals surface area contributed by atoms with Crippen molar-refractivity contribution >= 4 is 15.8 Å². The van der Waals surface area contributed by atoms with Crippen LogP contribution in [0, 0.1) is 0 Å². The van der Waals surface area contributed by atoms with Gasteiger partial charge in [-0.3, -0.25) is 5.01 Å². The number of aromatic nitrogens is 1. The number of hydrogen-bond acceptors (Lipinski definition) is 4. The van der Waals surface area contributed by atoms with E-state index in [0.717, 1.165) is 12.8 Å². The SMILES string of the molecule is CCCCCCCCCCCCN(NS(=O)(=O)c1ccccc1)c1ccccn1. The van der Waals surface area contributed by atoms with E-state index in [1.165, 1.54) is 51.4 Å². The molecule has 0 radical (unpaired) electrons. The molecule has 1 aromatic heterocycles. The Morgan fingerprint density at radius 2 is 1.38 bits per heavy atom. The van der Waals surface area contributed by atoms with Crippen LogP contribution in [0.3, 0.4) is 0 Å². The van der Waals surface area contributed by atoms with Gasteiger partial charge >= 0.3 is 0 Å². The standard InChI is InChI=1S/C23H35N3O2S/c1-2-3-4-5-6-7-8-9-10-16-21-26(23-19-14-15-20-24-23)25-29(27,28)22-17-12-11-13-18-22/h11-15,17-20,25H,2-10,16,21H2,1H3. The minimum atomic E-state index is -3.63. The highest BCUT2D eigenvalue weighted by Gasteiger charge is 2.18. The molecule has 1 aromatic carbocycles. The van der Waals surface area contributed by atoms with Crippen molar-refractivity contribution < 1.29 is 8.42 Å². The summed E-state index contributed by atoms with van der Waals surface area (Å²) in [6.45, 7) is 2.84. The van der Waals surface area contributed by atoms with Crippen LogP contribution in [0.5, 0.6) is 0 Å². The molecule has 160 valence electrons. The summed E-state index contributed by atoms with van der Waals surface area (Å²) in [6, 6.07) is 14.0. The lowest BCUT2D eigenvalue weighted by atomic mass is 10.1. The second-order valence-corrected chi connectivity index (χ2v) is 9.09. The number of nitrogens with zero attached hydrogens (tertiary/aromatic N) is 2. The fraction of sp³-hybridized carbons (Fsp3) is 0.522. The van der Waals surface area contributed by atoms with Crippen LogP contribution in [0.4, 0.5) is 5.82 Å². The normalized spacial score (nSPS) is 11.5. The second-order valence-electron chi connectivity index (χ2n) is 7.43. The molecule has 0 aliphatic carbocycles. The highest BCUT2D eigenvalue weighted by Crippen LogP contribution is 2.15. The van der Waals surface area contributed by atoms with Crippen LogP contribution in [-0.2, 0) is 10.0 Å². The summed E-state index contributed by atoms with van der Waals surface area (Å²) in [5, 5.41) is 1.65. The molecule has 6 heteroatoms. The Morgan fingerprint density at radius 1 is 0.793 bits per heavy atom. The summed E-state index contributed by atoms with van der Waals surface area (Å²) in [7, 11) is -3.63. The van der Waals surface area contributed by atoms with Crippen molar-refractivity contribution in [3.8, 4) is 0 Å². The first kappa shape index (κ1) is 23.4. The van der Waals surface area contributed by atoms with E-state index in [2.05, 4.69) is 16.7 Å². The number of hydrazine groups is 1. The molecular formula is C23H35N3O2S. The third-order valence-corrected chi connectivity index (χ3v) is 6.30. The summed E-state index contributed by atoms with van der Waals surface area (Å²) in [5.41, 5.74) is 0. The average Bonchev–Trinajstić information content (AvgIpc) is 2.75. The average molecular weight is 418 g/mol. The smallest absolute Gasteiger partial charge is 0.257 e. The van der Waals surface area contributed by atoms with Crippen molar-refractivity contribution in [2.75, 3.05) is 11.6 Å². The van der Waals surface area contributed by atoms with E-state index in [1.807, 2.05) is 18.2 Å². The maximum Gasteiger partial charge on any atom is 0.257 e. The number of anilines is 1. The molecule has 0 amide bonds. The second kappa shape index (κ2) is 13.3. The van der Waals surface area contributed by atoms with E-state index in [0.29, 0.717) is 12.4 Å². The van der Waals surface area contributed by atoms with Crippen molar-refractivity contribution in [2.24, 2.45) is 0 Å². The number of pyridine rings is 1. The van der Waals surface area contributed by atoms with Gasteiger partial charge in [0, 0.05) is 12.7 Å². The van der Waals surface area contributed by atoms with Gasteiger partial charge < -0.3 is 0 Å². The van der Waals surface area contributed by atoms with Gasteiger partial charge in [0.25, 0.3) is 10.0 Å². The summed E-state index contributed by atoms with van der Waals surface area (Å²) in [4.78, 5) is 7.27. The minimum Gasteiger partial charge on any atom is -0.278 e. The number of hydrogen-bond donors (Lipinski definition) is 1. The van der Waals surface area contributed by atoms with Crippen molar-refractivity contribution in [3.05, 3.63) is 54.7 Å². The van der Waals surface area contributed by atoms with Gasteiger partial charge in [0.2, 0.25) is 0 Å². The number of benzene rings is 1. The maximum absolute atomic E-state index is 12.7. The number of unbranched alkanes of at least 4 members (excludes halogenated alkanes) is 9. The molecule has 0 aliphatic rings. The zero-order valence-corrected chi connectivity index (χ0v) is 18.4. The molecule has 2 rings (SSSR count). The van der Waals surface area contributed by atoms with Gasteiger partial charge in [-0.15, -0.1) is 4.83 Å². The van der Waals surface area contributed by atoms with Gasteiger partial charge in [-0.25, -0.2) is 13.4 Å². The van der Waals surface area contributed by atoms with Crippen molar-refractivity contribution in [2.45, 2.75) is 76.0 Å². The van der Waals surface area contributed by atoms with E-state index in [-0.39, 0.29) is 4.90 Å². The van der Waals surface area contributed by atoms with Crippen molar-refractivity contribution in [1.82, 2.24) is 9.82 Å². The third kappa shape index (κ3) is 8.96. The summed E-state index contributed by atoms with van der Waals surface area (Å²) in [6.07, 6.45) is 14.1. The maximum atomic E-state index is 12.7. The molecule has 5 nitrogen and oxygen atoms in total. The molecule has 0 saturated carbocycles. The molecule has 0 fully saturated rings. The molecule has 0 bridgehead atoms. The Bertz CT molecular complexity index is 767. The molecule has 1 N–H and O–H groups in total. The number of rotatable bonds is 15. The molecule has 0 atom stereocenters. The van der Waals surface area contributed by atoms with Crippen molar-refractivity contribution in [1.29, 1.82) is 0 Å². The predicted octanol–water partition coefficient (Wildman–Crippen LogP) is 5.70. The van der Waals surface area contributed by atoms with Crippen LogP contribution in [0.1, 0.15) is 71.1 Å². The zero-order chi connectivity index (χ0) is 20.8. The first-order valence-corrected chi connectivity index (χ1v) is 12.4. The predicted molar refractivity (Wildman–Crippen MR) is 120 cm³/mol. The van der Waals surface area contributed by atoms with Crippen molar-refractivity contribution in [3.63, 3.8) is 0 Å². The minimum absolute atomic E-state index is 0.254. The van der Waals surface area contributed by atoms with Gasteiger partial charge in [0.15, 0.2) is 0 Å². The lowest BCUT2D eigenvalue weighted by molar-refractivity contribution is 0.545. The quantitative estimate of drug-likeness (QED) is 0.298. The van der Waals surface area contributed by atoms with E-state index in [1.54, 1.807) is 41.5 Å². The molecule has 0 unspecified atom stereocenters. The monoisotopic (exact) mass is 417 g/mol. The molecule has 0 aliphatic heterocycles.